The van der Waals surface area contributed by atoms with Gasteiger partial charge in [0.1, 0.15) is 0 Å². The molecule has 0 radical (unpaired) electrons. The zero-order valence-corrected chi connectivity index (χ0v) is 16.4. The number of nitrogens with one attached hydrogen (secondary N) is 1. The van der Waals surface area contributed by atoms with Crippen molar-refractivity contribution in [2.75, 3.05) is 13.1 Å². The Morgan fingerprint density at radius 2 is 2.00 bits per heavy atom. The predicted octanol–water partition coefficient (Wildman–Crippen LogP) is 3.81. The second-order valence-corrected chi connectivity index (χ2v) is 8.03. The van der Waals surface area contributed by atoms with E-state index in [1.54, 1.807) is 11.3 Å². The van der Waals surface area contributed by atoms with Crippen molar-refractivity contribution in [3.8, 4) is 0 Å². The van der Waals surface area contributed by atoms with Crippen molar-refractivity contribution in [1.29, 1.82) is 0 Å². The Labute approximate surface area is 160 Å². The van der Waals surface area contributed by atoms with E-state index < -0.39 is 0 Å². The second-order valence-electron chi connectivity index (χ2n) is 7.09. The number of aryl methyl sites for hydroxylation is 2. The Bertz CT molecular complexity index is 678. The van der Waals surface area contributed by atoms with E-state index in [0.717, 1.165) is 51.7 Å². The molecule has 0 saturated carbocycles. The van der Waals surface area contributed by atoms with Crippen LogP contribution in [0.5, 0.6) is 0 Å². The molecule has 3 rings (SSSR count). The fourth-order valence-electron chi connectivity index (χ4n) is 3.42. The van der Waals surface area contributed by atoms with Gasteiger partial charge in [-0.3, -0.25) is 9.69 Å². The number of piperidine rings is 1. The molecule has 26 heavy (non-hydrogen) atoms. The van der Waals surface area contributed by atoms with Crippen LogP contribution >= 0.6 is 11.3 Å². The van der Waals surface area contributed by atoms with Crippen molar-refractivity contribution in [2.24, 2.45) is 0 Å². The van der Waals surface area contributed by atoms with Crippen molar-refractivity contribution in [1.82, 2.24) is 15.2 Å². The van der Waals surface area contributed by atoms with Crippen LogP contribution in [0.4, 0.5) is 0 Å². The van der Waals surface area contributed by atoms with Crippen LogP contribution in [0.25, 0.3) is 0 Å². The third-order valence-corrected chi connectivity index (χ3v) is 5.84. The molecular weight excluding hydrogens is 342 g/mol. The highest BCUT2D eigenvalue weighted by Gasteiger charge is 2.21. The van der Waals surface area contributed by atoms with Gasteiger partial charge in [-0.1, -0.05) is 37.3 Å². The summed E-state index contributed by atoms with van der Waals surface area (Å²) in [6, 6.07) is 10.5. The maximum atomic E-state index is 12.2. The maximum absolute atomic E-state index is 12.2. The molecule has 1 saturated heterocycles. The fourth-order valence-corrected chi connectivity index (χ4v) is 4.31. The van der Waals surface area contributed by atoms with Crippen LogP contribution in [0.15, 0.2) is 35.7 Å². The molecular formula is C21H29N3OS. The van der Waals surface area contributed by atoms with Crippen LogP contribution in [-0.2, 0) is 24.2 Å². The highest BCUT2D eigenvalue weighted by molar-refractivity contribution is 7.09. The zero-order valence-electron chi connectivity index (χ0n) is 15.6. The molecule has 2 heterocycles. The van der Waals surface area contributed by atoms with E-state index in [-0.39, 0.29) is 5.91 Å². The Kier molecular flexibility index (Phi) is 7.21. The first-order valence-electron chi connectivity index (χ1n) is 9.72. The third kappa shape index (κ3) is 5.92. The molecule has 1 aliphatic rings. The number of likely N-dealkylation sites (tertiary alicyclic amines) is 1. The highest BCUT2D eigenvalue weighted by atomic mass is 32.1. The lowest BCUT2D eigenvalue weighted by Gasteiger charge is -2.31. The molecule has 0 bridgehead atoms. The van der Waals surface area contributed by atoms with E-state index in [0.29, 0.717) is 12.5 Å². The van der Waals surface area contributed by atoms with Gasteiger partial charge in [0, 0.05) is 37.5 Å². The van der Waals surface area contributed by atoms with Crippen molar-refractivity contribution < 1.29 is 4.79 Å². The highest BCUT2D eigenvalue weighted by Crippen LogP contribution is 2.17. The monoisotopic (exact) mass is 371 g/mol. The van der Waals surface area contributed by atoms with E-state index in [2.05, 4.69) is 34.7 Å². The van der Waals surface area contributed by atoms with Crippen LogP contribution in [0.3, 0.4) is 0 Å². The summed E-state index contributed by atoms with van der Waals surface area (Å²) >= 11 is 1.78. The van der Waals surface area contributed by atoms with Gasteiger partial charge in [-0.25, -0.2) is 4.98 Å². The molecule has 140 valence electrons. The molecule has 1 N–H and O–H groups in total. The molecule has 0 aliphatic carbocycles. The topological polar surface area (TPSA) is 45.2 Å². The molecule has 4 nitrogen and oxygen atoms in total. The van der Waals surface area contributed by atoms with Crippen molar-refractivity contribution in [3.05, 3.63) is 52.0 Å². The number of nitrogens with zero attached hydrogens (tertiary/aromatic N) is 2. The first kappa shape index (κ1) is 19.1. The fraction of sp³-hybridized carbons (Fsp3) is 0.524. The lowest BCUT2D eigenvalue weighted by atomic mass is 10.0. The third-order valence-electron chi connectivity index (χ3n) is 4.89. The molecule has 5 heteroatoms. The second kappa shape index (κ2) is 9.83. The van der Waals surface area contributed by atoms with Gasteiger partial charge < -0.3 is 5.32 Å². The number of aromatic nitrogens is 1. The van der Waals surface area contributed by atoms with E-state index in [1.165, 1.54) is 16.3 Å². The predicted molar refractivity (Wildman–Crippen MR) is 107 cm³/mol. The van der Waals surface area contributed by atoms with E-state index in [9.17, 15) is 4.79 Å². The Morgan fingerprint density at radius 1 is 1.23 bits per heavy atom. The Morgan fingerprint density at radius 3 is 2.73 bits per heavy atom. The smallest absolute Gasteiger partial charge is 0.220 e. The first-order valence-corrected chi connectivity index (χ1v) is 10.6. The largest absolute Gasteiger partial charge is 0.353 e. The van der Waals surface area contributed by atoms with Crippen LogP contribution < -0.4 is 5.32 Å². The number of hydrogen-bond donors (Lipinski definition) is 1. The molecule has 0 unspecified atom stereocenters. The summed E-state index contributed by atoms with van der Waals surface area (Å²) in [6.45, 7) is 5.20. The number of carbonyl (C=O) groups is 1. The number of carbonyl (C=O) groups excluding carboxylic acids is 1. The van der Waals surface area contributed by atoms with Crippen LogP contribution in [0.2, 0.25) is 0 Å². The van der Waals surface area contributed by atoms with Gasteiger partial charge in [-0.2, -0.15) is 0 Å². The van der Waals surface area contributed by atoms with E-state index in [1.807, 2.05) is 18.2 Å². The molecule has 2 aromatic rings. The van der Waals surface area contributed by atoms with Crippen molar-refractivity contribution >= 4 is 17.2 Å². The lowest BCUT2D eigenvalue weighted by molar-refractivity contribution is -0.122. The summed E-state index contributed by atoms with van der Waals surface area (Å²) in [5.41, 5.74) is 2.42. The van der Waals surface area contributed by atoms with Crippen LogP contribution in [-0.4, -0.2) is 34.9 Å². The Balaban J connectivity index is 1.35. The standard InChI is InChI=1S/C21H29N3OS/c1-2-6-21-23-19(16-26-21)15-24-13-11-18(12-14-24)22-20(25)10-9-17-7-4-3-5-8-17/h3-5,7-8,16,18H,2,6,9-15H2,1H3,(H,22,25). The number of thiazole rings is 1. The minimum atomic E-state index is 0.177. The summed E-state index contributed by atoms with van der Waals surface area (Å²) in [5.74, 6) is 0.177. The normalized spacial score (nSPS) is 15.9. The molecule has 1 aliphatic heterocycles. The molecule has 1 amide bonds. The number of rotatable bonds is 8. The molecule has 0 spiro atoms. The molecule has 1 fully saturated rings. The van der Waals surface area contributed by atoms with E-state index >= 15 is 0 Å². The zero-order chi connectivity index (χ0) is 18.2. The average molecular weight is 372 g/mol. The summed E-state index contributed by atoms with van der Waals surface area (Å²) in [6.07, 6.45) is 5.69. The maximum Gasteiger partial charge on any atom is 0.220 e. The van der Waals surface area contributed by atoms with E-state index in [4.69, 9.17) is 4.98 Å². The minimum Gasteiger partial charge on any atom is -0.353 e. The summed E-state index contributed by atoms with van der Waals surface area (Å²) in [4.78, 5) is 19.4. The number of amides is 1. The van der Waals surface area contributed by atoms with Gasteiger partial charge in [0.15, 0.2) is 0 Å². The van der Waals surface area contributed by atoms with Gasteiger partial charge in [0.25, 0.3) is 0 Å². The van der Waals surface area contributed by atoms with Gasteiger partial charge in [0.05, 0.1) is 10.7 Å². The van der Waals surface area contributed by atoms with Gasteiger partial charge in [0.2, 0.25) is 5.91 Å². The average Bonchev–Trinajstić information content (AvgIpc) is 3.10. The summed E-state index contributed by atoms with van der Waals surface area (Å²) < 4.78 is 0. The first-order chi connectivity index (χ1) is 12.7. The number of benzene rings is 1. The van der Waals surface area contributed by atoms with Gasteiger partial charge in [-0.15, -0.1) is 11.3 Å². The molecule has 1 aromatic heterocycles. The lowest BCUT2D eigenvalue weighted by Crippen LogP contribution is -2.44. The quantitative estimate of drug-likeness (QED) is 0.767. The molecule has 0 atom stereocenters. The van der Waals surface area contributed by atoms with Crippen molar-refractivity contribution in [3.63, 3.8) is 0 Å². The number of hydrogen-bond acceptors (Lipinski definition) is 4. The Hall–Kier alpha value is -1.72. The van der Waals surface area contributed by atoms with Crippen molar-refractivity contribution in [2.45, 2.75) is 58.0 Å². The van der Waals surface area contributed by atoms with Gasteiger partial charge >= 0.3 is 0 Å². The van der Waals surface area contributed by atoms with Crippen LogP contribution in [0.1, 0.15) is 48.9 Å². The minimum absolute atomic E-state index is 0.177. The summed E-state index contributed by atoms with van der Waals surface area (Å²) in [5, 5.41) is 6.66. The summed E-state index contributed by atoms with van der Waals surface area (Å²) in [7, 11) is 0. The van der Waals surface area contributed by atoms with Crippen LogP contribution in [0, 0.1) is 0 Å². The SMILES string of the molecule is CCCc1nc(CN2CCC(NC(=O)CCc3ccccc3)CC2)cs1. The molecule has 1 aromatic carbocycles. The van der Waals surface area contributed by atoms with Gasteiger partial charge in [-0.05, 0) is 37.7 Å².